The first-order valence-corrected chi connectivity index (χ1v) is 16.6. The van der Waals surface area contributed by atoms with Gasteiger partial charge in [0.25, 0.3) is 0 Å². The second-order valence-electron chi connectivity index (χ2n) is 15.4. The first kappa shape index (κ1) is 30.0. The molecule has 8 atom stereocenters. The molecule has 1 N–H and O–H groups in total. The van der Waals surface area contributed by atoms with Crippen molar-refractivity contribution in [2.45, 2.75) is 83.2 Å². The van der Waals surface area contributed by atoms with Crippen molar-refractivity contribution in [3.05, 3.63) is 95.1 Å². The number of ether oxygens (including phenoxy) is 1. The van der Waals surface area contributed by atoms with Crippen molar-refractivity contribution >= 4 is 11.9 Å². The molecular weight excluding hydrogens is 591 g/mol. The van der Waals surface area contributed by atoms with Gasteiger partial charge in [0, 0.05) is 33.9 Å². The van der Waals surface area contributed by atoms with Gasteiger partial charge in [0.2, 0.25) is 0 Å². The second kappa shape index (κ2) is 9.59. The zero-order chi connectivity index (χ0) is 32.3. The summed E-state index contributed by atoms with van der Waals surface area (Å²) in [5, 5.41) is 10.9. The van der Waals surface area contributed by atoms with Crippen molar-refractivity contribution in [1.82, 2.24) is 4.90 Å². The Balaban J connectivity index is 1.24. The van der Waals surface area contributed by atoms with Crippen molar-refractivity contribution in [2.75, 3.05) is 6.54 Å². The minimum absolute atomic E-state index is 0.0333. The minimum Gasteiger partial charge on any atom is -0.440 e. The van der Waals surface area contributed by atoms with Crippen LogP contribution in [0.2, 0.25) is 0 Å². The molecule has 3 spiro atoms. The molecule has 8 heteroatoms. The predicted octanol–water partition coefficient (Wildman–Crippen LogP) is 8.14. The fourth-order valence-corrected chi connectivity index (χ4v) is 11.3. The van der Waals surface area contributed by atoms with Gasteiger partial charge in [-0.05, 0) is 79.9 Å². The highest BCUT2D eigenvalue weighted by molar-refractivity contribution is 6.10. The molecule has 8 unspecified atom stereocenters. The number of amides is 1. The summed E-state index contributed by atoms with van der Waals surface area (Å²) in [5.74, 6) is -0.360. The molecule has 1 heterocycles. The Morgan fingerprint density at radius 3 is 2.43 bits per heavy atom. The Kier molecular flexibility index (Phi) is 6.25. The first-order chi connectivity index (χ1) is 21.8. The molecule has 6 aliphatic carbocycles. The van der Waals surface area contributed by atoms with Crippen LogP contribution >= 0.6 is 0 Å². The third kappa shape index (κ3) is 3.79. The van der Waals surface area contributed by atoms with Crippen molar-refractivity contribution in [3.63, 3.8) is 0 Å². The summed E-state index contributed by atoms with van der Waals surface area (Å²) in [6.07, 6.45) is 6.08. The van der Waals surface area contributed by atoms with E-state index < -0.39 is 39.7 Å². The number of aliphatic hydroxyl groups is 1. The SMILES string of the molecule is CC12CCC(O)CC13C=CC1(C(C(=O)c4cccc(C(F)(F)F)c4)=C3)C2CCC2(C)C1CCC21CN(Cc2ccccc2)C(=O)O1. The lowest BCUT2D eigenvalue weighted by molar-refractivity contribution is -0.164. The van der Waals surface area contributed by atoms with Crippen LogP contribution < -0.4 is 0 Å². The van der Waals surface area contributed by atoms with Gasteiger partial charge < -0.3 is 9.84 Å². The maximum Gasteiger partial charge on any atom is 0.416 e. The zero-order valence-electron chi connectivity index (χ0n) is 26.3. The summed E-state index contributed by atoms with van der Waals surface area (Å²) in [5.41, 5.74) is -1.90. The van der Waals surface area contributed by atoms with E-state index in [1.807, 2.05) is 36.4 Å². The normalized spacial score (nSPS) is 40.7. The molecule has 5 nitrogen and oxygen atoms in total. The molecule has 1 amide bonds. The molecule has 1 aliphatic heterocycles. The minimum atomic E-state index is -4.57. The van der Waals surface area contributed by atoms with Crippen LogP contribution in [0, 0.1) is 33.5 Å². The van der Waals surface area contributed by atoms with Gasteiger partial charge in [0.15, 0.2) is 5.78 Å². The Hall–Kier alpha value is -3.39. The van der Waals surface area contributed by atoms with Gasteiger partial charge in [-0.15, -0.1) is 0 Å². The van der Waals surface area contributed by atoms with Crippen molar-refractivity contribution in [3.8, 4) is 0 Å². The third-order valence-corrected chi connectivity index (χ3v) is 13.6. The number of alkyl halides is 3. The van der Waals surface area contributed by atoms with Crippen LogP contribution in [0.5, 0.6) is 0 Å². The average molecular weight is 632 g/mol. The van der Waals surface area contributed by atoms with E-state index >= 15 is 0 Å². The molecule has 9 rings (SSSR count). The van der Waals surface area contributed by atoms with Gasteiger partial charge in [-0.25, -0.2) is 4.79 Å². The van der Waals surface area contributed by atoms with E-state index in [4.69, 9.17) is 4.74 Å². The van der Waals surface area contributed by atoms with E-state index in [9.17, 15) is 27.9 Å². The van der Waals surface area contributed by atoms with Crippen LogP contribution in [0.25, 0.3) is 0 Å². The van der Waals surface area contributed by atoms with Crippen LogP contribution in [0.3, 0.4) is 0 Å². The highest BCUT2D eigenvalue weighted by Crippen LogP contribution is 2.79. The van der Waals surface area contributed by atoms with E-state index in [-0.39, 0.29) is 34.7 Å². The van der Waals surface area contributed by atoms with Gasteiger partial charge in [-0.1, -0.05) is 74.5 Å². The molecule has 242 valence electrons. The van der Waals surface area contributed by atoms with Crippen LogP contribution in [0.4, 0.5) is 18.0 Å². The summed E-state index contributed by atoms with van der Waals surface area (Å²) >= 11 is 0. The first-order valence-electron chi connectivity index (χ1n) is 16.6. The summed E-state index contributed by atoms with van der Waals surface area (Å²) < 4.78 is 47.8. The van der Waals surface area contributed by atoms with Crippen molar-refractivity contribution < 1.29 is 32.6 Å². The highest BCUT2D eigenvalue weighted by atomic mass is 19.4. The van der Waals surface area contributed by atoms with Crippen LogP contribution in [-0.2, 0) is 17.5 Å². The fraction of sp³-hybridized carbons (Fsp3) is 0.526. The molecule has 1 saturated heterocycles. The van der Waals surface area contributed by atoms with E-state index in [1.165, 1.54) is 12.1 Å². The summed E-state index contributed by atoms with van der Waals surface area (Å²) in [7, 11) is 0. The van der Waals surface area contributed by atoms with Gasteiger partial charge in [0.05, 0.1) is 18.2 Å². The van der Waals surface area contributed by atoms with Crippen molar-refractivity contribution in [2.24, 2.45) is 33.5 Å². The quantitative estimate of drug-likeness (QED) is 0.273. The number of nitrogens with zero attached hydrogens (tertiary/aromatic N) is 1. The maximum absolute atomic E-state index is 14.7. The van der Waals surface area contributed by atoms with Gasteiger partial charge in [-0.3, -0.25) is 9.69 Å². The number of halogens is 3. The molecule has 7 aliphatic rings. The molecular formula is C38H40F3NO4. The predicted molar refractivity (Wildman–Crippen MR) is 165 cm³/mol. The van der Waals surface area contributed by atoms with Gasteiger partial charge in [-0.2, -0.15) is 13.2 Å². The number of aliphatic hydroxyl groups excluding tert-OH is 1. The Morgan fingerprint density at radius 1 is 0.957 bits per heavy atom. The second-order valence-corrected chi connectivity index (χ2v) is 15.4. The van der Waals surface area contributed by atoms with Crippen LogP contribution in [0.1, 0.15) is 80.3 Å². The van der Waals surface area contributed by atoms with Crippen molar-refractivity contribution in [1.29, 1.82) is 0 Å². The smallest absolute Gasteiger partial charge is 0.416 e. The fourth-order valence-electron chi connectivity index (χ4n) is 11.3. The Morgan fingerprint density at radius 2 is 1.67 bits per heavy atom. The van der Waals surface area contributed by atoms with E-state index in [2.05, 4.69) is 26.0 Å². The van der Waals surface area contributed by atoms with Gasteiger partial charge in [0.1, 0.15) is 5.60 Å². The lowest BCUT2D eigenvalue weighted by Gasteiger charge is -2.71. The topological polar surface area (TPSA) is 66.8 Å². The molecule has 2 aromatic carbocycles. The summed E-state index contributed by atoms with van der Waals surface area (Å²) in [4.78, 5) is 29.9. The number of fused-ring (bicyclic) bond motifs is 2. The maximum atomic E-state index is 14.7. The van der Waals surface area contributed by atoms with Crippen LogP contribution in [-0.4, -0.2) is 40.1 Å². The molecule has 4 fully saturated rings. The lowest BCUT2D eigenvalue weighted by atomic mass is 9.32. The number of hydrogen-bond acceptors (Lipinski definition) is 4. The van der Waals surface area contributed by atoms with E-state index in [0.29, 0.717) is 37.9 Å². The third-order valence-electron chi connectivity index (χ3n) is 13.6. The molecule has 2 bridgehead atoms. The molecule has 46 heavy (non-hydrogen) atoms. The monoisotopic (exact) mass is 631 g/mol. The van der Waals surface area contributed by atoms with Crippen LogP contribution in [0.15, 0.2) is 78.4 Å². The number of carbonyl (C=O) groups excluding carboxylic acids is 2. The molecule has 0 radical (unpaired) electrons. The summed E-state index contributed by atoms with van der Waals surface area (Å²) in [6.45, 7) is 5.44. The molecule has 3 saturated carbocycles. The number of benzene rings is 2. The number of allylic oxidation sites excluding steroid dienone is 4. The number of carbonyl (C=O) groups is 2. The Bertz CT molecular complexity index is 1690. The highest BCUT2D eigenvalue weighted by Gasteiger charge is 2.76. The largest absolute Gasteiger partial charge is 0.440 e. The number of hydrogen-bond donors (Lipinski definition) is 1. The molecule has 2 aromatic rings. The van der Waals surface area contributed by atoms with E-state index in [1.54, 1.807) is 4.90 Å². The number of rotatable bonds is 4. The lowest BCUT2D eigenvalue weighted by Crippen LogP contribution is -2.67. The standard InChI is InChI=1S/C38H40F3NO4/c1-33-14-11-27(43)20-35(33)17-18-37(28(21-35)31(44)25-9-6-10-26(19-25)38(39,40)41)29(33)12-15-34(2)30(37)13-16-36(34)23-42(32(45)46-36)22-24-7-4-3-5-8-24/h3-10,17-19,21,27,29-30,43H,11-16,20,22-23H2,1-2H3. The molecule has 0 aromatic heterocycles. The Labute approximate surface area is 267 Å². The average Bonchev–Trinajstić information content (AvgIpc) is 3.51. The van der Waals surface area contributed by atoms with E-state index in [0.717, 1.165) is 43.4 Å². The number of ketones is 1. The summed E-state index contributed by atoms with van der Waals surface area (Å²) in [6, 6.07) is 14.6. The number of Topliss-reactive ketones (excluding diaryl/α,β-unsaturated/α-hetero) is 1. The van der Waals surface area contributed by atoms with Gasteiger partial charge >= 0.3 is 12.3 Å². The zero-order valence-corrected chi connectivity index (χ0v) is 26.3.